The molecule has 0 unspecified atom stereocenters. The second kappa shape index (κ2) is 5.81. The maximum atomic E-state index is 12.5. The van der Waals surface area contributed by atoms with Gasteiger partial charge < -0.3 is 0 Å². The summed E-state index contributed by atoms with van der Waals surface area (Å²) in [6.45, 7) is 8.95. The number of rotatable bonds is 3. The lowest BCUT2D eigenvalue weighted by atomic mass is 10.2. The third-order valence-electron chi connectivity index (χ3n) is 4.21. The van der Waals surface area contributed by atoms with Crippen LogP contribution in [0.5, 0.6) is 0 Å². The van der Waals surface area contributed by atoms with Crippen LogP contribution in [0.1, 0.15) is 39.2 Å². The lowest BCUT2D eigenvalue weighted by molar-refractivity contribution is 0.102. The molecular weight excluding hydrogens is 298 g/mol. The molecule has 0 fully saturated rings. The molecule has 118 valence electrons. The number of aromatic nitrogens is 3. The Morgan fingerprint density at radius 2 is 2.18 bits per heavy atom. The number of carbonyl (C=O) groups is 1. The van der Waals surface area contributed by atoms with Gasteiger partial charge in [-0.3, -0.25) is 19.7 Å². The van der Waals surface area contributed by atoms with Gasteiger partial charge in [-0.1, -0.05) is 6.92 Å². The van der Waals surface area contributed by atoms with E-state index < -0.39 is 0 Å². The summed E-state index contributed by atoms with van der Waals surface area (Å²) in [5.41, 5.74) is 3.39. The number of hydrogen-bond donors (Lipinski definition) is 1. The molecule has 2 aromatic rings. The molecule has 22 heavy (non-hydrogen) atoms. The Hall–Kier alpha value is -1.73. The number of amides is 1. The fourth-order valence-corrected chi connectivity index (χ4v) is 3.88. The molecule has 0 spiro atoms. The molecule has 6 nitrogen and oxygen atoms in total. The average Bonchev–Trinajstić information content (AvgIpc) is 2.98. The zero-order valence-electron chi connectivity index (χ0n) is 13.4. The highest BCUT2D eigenvalue weighted by molar-refractivity contribution is 7.15. The van der Waals surface area contributed by atoms with Gasteiger partial charge in [0, 0.05) is 37.1 Å². The summed E-state index contributed by atoms with van der Waals surface area (Å²) < 4.78 is 1.73. The van der Waals surface area contributed by atoms with Crippen molar-refractivity contribution in [2.75, 3.05) is 18.4 Å². The van der Waals surface area contributed by atoms with E-state index in [-0.39, 0.29) is 5.91 Å². The van der Waals surface area contributed by atoms with Crippen molar-refractivity contribution >= 4 is 22.4 Å². The van der Waals surface area contributed by atoms with Crippen molar-refractivity contribution in [2.24, 2.45) is 7.05 Å². The standard InChI is InChI=1S/C15H21N5OS/c1-5-20-7-6-11-12(8-20)22-15(16-11)17-14(21)13-9(2)18-19(4)10(13)3/h5-8H2,1-4H3,(H,16,17,21). The largest absolute Gasteiger partial charge is 0.298 e. The molecule has 0 saturated carbocycles. The van der Waals surface area contributed by atoms with Crippen LogP contribution in [0, 0.1) is 13.8 Å². The van der Waals surface area contributed by atoms with Crippen molar-refractivity contribution in [1.29, 1.82) is 0 Å². The maximum Gasteiger partial charge on any atom is 0.261 e. The highest BCUT2D eigenvalue weighted by Crippen LogP contribution is 2.28. The van der Waals surface area contributed by atoms with Crippen molar-refractivity contribution in [2.45, 2.75) is 33.7 Å². The Balaban J connectivity index is 1.79. The van der Waals surface area contributed by atoms with Crippen LogP contribution in [0.15, 0.2) is 0 Å². The van der Waals surface area contributed by atoms with E-state index in [1.807, 2.05) is 20.9 Å². The number of aryl methyl sites for hydroxylation is 2. The van der Waals surface area contributed by atoms with E-state index in [0.717, 1.165) is 43.1 Å². The first-order valence-electron chi connectivity index (χ1n) is 7.52. The Bertz CT molecular complexity index is 718. The van der Waals surface area contributed by atoms with Crippen LogP contribution >= 0.6 is 11.3 Å². The molecule has 1 amide bonds. The number of hydrogen-bond acceptors (Lipinski definition) is 5. The number of fused-ring (bicyclic) bond motifs is 1. The topological polar surface area (TPSA) is 63.1 Å². The zero-order chi connectivity index (χ0) is 15.9. The molecule has 1 aliphatic heterocycles. The van der Waals surface area contributed by atoms with Crippen molar-refractivity contribution in [3.8, 4) is 0 Å². The normalized spacial score (nSPS) is 14.9. The first-order chi connectivity index (χ1) is 10.5. The van der Waals surface area contributed by atoms with Crippen molar-refractivity contribution in [1.82, 2.24) is 19.7 Å². The minimum Gasteiger partial charge on any atom is -0.298 e. The van der Waals surface area contributed by atoms with E-state index >= 15 is 0 Å². The number of anilines is 1. The molecule has 0 aliphatic carbocycles. The predicted molar refractivity (Wildman–Crippen MR) is 87.4 cm³/mol. The van der Waals surface area contributed by atoms with Crippen LogP contribution in [0.3, 0.4) is 0 Å². The summed E-state index contributed by atoms with van der Waals surface area (Å²) in [6.07, 6.45) is 0.959. The summed E-state index contributed by atoms with van der Waals surface area (Å²) in [5, 5.41) is 7.92. The monoisotopic (exact) mass is 319 g/mol. The molecule has 0 atom stereocenters. The van der Waals surface area contributed by atoms with E-state index in [9.17, 15) is 4.79 Å². The van der Waals surface area contributed by atoms with E-state index in [0.29, 0.717) is 10.7 Å². The summed E-state index contributed by atoms with van der Waals surface area (Å²) in [5.74, 6) is -0.124. The number of thiazole rings is 1. The van der Waals surface area contributed by atoms with E-state index in [1.165, 1.54) is 4.88 Å². The molecule has 3 heterocycles. The van der Waals surface area contributed by atoms with Crippen molar-refractivity contribution in [3.63, 3.8) is 0 Å². The molecule has 1 aliphatic rings. The molecule has 0 bridgehead atoms. The van der Waals surface area contributed by atoms with Gasteiger partial charge in [0.25, 0.3) is 5.91 Å². The Labute approximate surface area is 134 Å². The highest BCUT2D eigenvalue weighted by Gasteiger charge is 2.22. The smallest absolute Gasteiger partial charge is 0.261 e. The second-order valence-electron chi connectivity index (χ2n) is 5.63. The van der Waals surface area contributed by atoms with E-state index in [1.54, 1.807) is 16.0 Å². The highest BCUT2D eigenvalue weighted by atomic mass is 32.1. The van der Waals surface area contributed by atoms with Gasteiger partial charge in [0.1, 0.15) is 0 Å². The number of likely N-dealkylation sites (N-methyl/N-ethyl adjacent to an activating group) is 1. The molecule has 3 rings (SSSR count). The fraction of sp³-hybridized carbons (Fsp3) is 0.533. The minimum atomic E-state index is -0.124. The van der Waals surface area contributed by atoms with Crippen LogP contribution in [0.4, 0.5) is 5.13 Å². The molecule has 0 aromatic carbocycles. The van der Waals surface area contributed by atoms with Crippen molar-refractivity contribution < 1.29 is 4.79 Å². The lowest BCUT2D eigenvalue weighted by Gasteiger charge is -2.23. The van der Waals surface area contributed by atoms with E-state index in [2.05, 4.69) is 27.2 Å². The van der Waals surface area contributed by atoms with Crippen LogP contribution < -0.4 is 5.32 Å². The summed E-state index contributed by atoms with van der Waals surface area (Å²) in [6, 6.07) is 0. The number of nitrogens with zero attached hydrogens (tertiary/aromatic N) is 4. The molecule has 2 aromatic heterocycles. The van der Waals surface area contributed by atoms with Gasteiger partial charge in [-0.2, -0.15) is 5.10 Å². The van der Waals surface area contributed by atoms with Gasteiger partial charge >= 0.3 is 0 Å². The van der Waals surface area contributed by atoms with Crippen LogP contribution in [-0.4, -0.2) is 38.7 Å². The van der Waals surface area contributed by atoms with Crippen molar-refractivity contribution in [3.05, 3.63) is 27.5 Å². The van der Waals surface area contributed by atoms with Crippen LogP contribution in [0.2, 0.25) is 0 Å². The predicted octanol–water partition coefficient (Wildman–Crippen LogP) is 2.12. The van der Waals surface area contributed by atoms with Gasteiger partial charge in [-0.05, 0) is 20.4 Å². The first kappa shape index (κ1) is 15.2. The first-order valence-corrected chi connectivity index (χ1v) is 8.33. The second-order valence-corrected chi connectivity index (χ2v) is 6.71. The van der Waals surface area contributed by atoms with Gasteiger partial charge in [0.2, 0.25) is 0 Å². The fourth-order valence-electron chi connectivity index (χ4n) is 2.83. The summed E-state index contributed by atoms with van der Waals surface area (Å²) >= 11 is 1.58. The number of carbonyl (C=O) groups excluding carboxylic acids is 1. The van der Waals surface area contributed by atoms with Crippen LogP contribution in [-0.2, 0) is 20.0 Å². The van der Waals surface area contributed by atoms with Gasteiger partial charge in [-0.25, -0.2) is 4.98 Å². The SMILES string of the molecule is CCN1CCc2nc(NC(=O)c3c(C)nn(C)c3C)sc2C1. The number of nitrogens with one attached hydrogen (secondary N) is 1. The van der Waals surface area contributed by atoms with Gasteiger partial charge in [-0.15, -0.1) is 11.3 Å². The molecule has 7 heteroatoms. The Morgan fingerprint density at radius 3 is 2.82 bits per heavy atom. The minimum absolute atomic E-state index is 0.124. The average molecular weight is 319 g/mol. The zero-order valence-corrected chi connectivity index (χ0v) is 14.3. The molecular formula is C15H21N5OS. The third kappa shape index (κ3) is 2.66. The van der Waals surface area contributed by atoms with Gasteiger partial charge in [0.05, 0.1) is 17.0 Å². The lowest BCUT2D eigenvalue weighted by Crippen LogP contribution is -2.29. The molecule has 0 radical (unpaired) electrons. The summed E-state index contributed by atoms with van der Waals surface area (Å²) in [4.78, 5) is 20.7. The van der Waals surface area contributed by atoms with E-state index in [4.69, 9.17) is 0 Å². The Kier molecular flexibility index (Phi) is 4.01. The van der Waals surface area contributed by atoms with Gasteiger partial charge in [0.15, 0.2) is 5.13 Å². The third-order valence-corrected chi connectivity index (χ3v) is 5.21. The quantitative estimate of drug-likeness (QED) is 0.941. The Morgan fingerprint density at radius 1 is 1.41 bits per heavy atom. The van der Waals surface area contributed by atoms with Crippen LogP contribution in [0.25, 0.3) is 0 Å². The maximum absolute atomic E-state index is 12.5. The molecule has 0 saturated heterocycles. The molecule has 1 N–H and O–H groups in total. The summed E-state index contributed by atoms with van der Waals surface area (Å²) in [7, 11) is 1.85.